The summed E-state index contributed by atoms with van der Waals surface area (Å²) in [7, 11) is 0. The molecule has 0 unspecified atom stereocenters. The summed E-state index contributed by atoms with van der Waals surface area (Å²) in [5.41, 5.74) is 3.59. The summed E-state index contributed by atoms with van der Waals surface area (Å²) in [5.74, 6) is -0.261. The molecule has 23 heavy (non-hydrogen) atoms. The second-order valence-electron chi connectivity index (χ2n) is 6.14. The second-order valence-corrected chi connectivity index (χ2v) is 6.57. The van der Waals surface area contributed by atoms with Crippen LogP contribution in [0.4, 0.5) is 5.69 Å². The number of carboxylic acid groups (broad SMARTS) is 1. The average Bonchev–Trinajstić information content (AvgIpc) is 3.03. The van der Waals surface area contributed by atoms with E-state index in [1.165, 1.54) is 5.56 Å². The molecule has 1 aliphatic heterocycles. The molecule has 2 aliphatic rings. The average molecular weight is 326 g/mol. The molecule has 3 nitrogen and oxygen atoms in total. The summed E-state index contributed by atoms with van der Waals surface area (Å²) in [6.45, 7) is 0. The summed E-state index contributed by atoms with van der Waals surface area (Å²) in [6.07, 6.45) is 5.37. The minimum Gasteiger partial charge on any atom is -0.478 e. The van der Waals surface area contributed by atoms with Crippen LogP contribution < -0.4 is 5.32 Å². The molecule has 3 atom stereocenters. The molecule has 0 saturated carbocycles. The zero-order valence-corrected chi connectivity index (χ0v) is 13.1. The number of allylic oxidation sites excluding steroid dienone is 2. The van der Waals surface area contributed by atoms with Gasteiger partial charge >= 0.3 is 5.97 Å². The Morgan fingerprint density at radius 3 is 2.87 bits per heavy atom. The molecule has 116 valence electrons. The number of hydrogen-bond acceptors (Lipinski definition) is 2. The van der Waals surface area contributed by atoms with Gasteiger partial charge in [0.15, 0.2) is 0 Å². The van der Waals surface area contributed by atoms with Gasteiger partial charge in [-0.3, -0.25) is 0 Å². The van der Waals surface area contributed by atoms with Crippen molar-refractivity contribution in [2.45, 2.75) is 18.4 Å². The topological polar surface area (TPSA) is 49.3 Å². The molecule has 2 aromatic rings. The Hall–Kier alpha value is -2.26. The van der Waals surface area contributed by atoms with Gasteiger partial charge in [-0.05, 0) is 53.8 Å². The molecule has 0 spiro atoms. The summed E-state index contributed by atoms with van der Waals surface area (Å²) < 4.78 is 0. The number of rotatable bonds is 2. The van der Waals surface area contributed by atoms with E-state index < -0.39 is 5.97 Å². The number of nitrogens with one attached hydrogen (secondary N) is 1. The number of aromatic carboxylic acids is 1. The van der Waals surface area contributed by atoms with E-state index in [-0.39, 0.29) is 12.0 Å². The normalized spacial score (nSPS) is 24.7. The smallest absolute Gasteiger partial charge is 0.335 e. The third-order valence-corrected chi connectivity index (χ3v) is 5.05. The second kappa shape index (κ2) is 5.43. The Kier molecular flexibility index (Phi) is 3.38. The monoisotopic (exact) mass is 325 g/mol. The van der Waals surface area contributed by atoms with Gasteiger partial charge in [0.1, 0.15) is 0 Å². The van der Waals surface area contributed by atoms with Crippen molar-refractivity contribution in [1.29, 1.82) is 0 Å². The van der Waals surface area contributed by atoms with Gasteiger partial charge in [-0.1, -0.05) is 35.9 Å². The van der Waals surface area contributed by atoms with Crippen LogP contribution in [0, 0.1) is 5.92 Å². The highest BCUT2D eigenvalue weighted by atomic mass is 35.5. The van der Waals surface area contributed by atoms with Crippen LogP contribution in [0.5, 0.6) is 0 Å². The molecular weight excluding hydrogens is 310 g/mol. The Balaban J connectivity index is 1.79. The minimum absolute atomic E-state index is 0.178. The van der Waals surface area contributed by atoms with E-state index >= 15 is 0 Å². The van der Waals surface area contributed by atoms with Gasteiger partial charge in [0.25, 0.3) is 0 Å². The summed E-state index contributed by atoms with van der Waals surface area (Å²) in [5, 5.41) is 13.6. The van der Waals surface area contributed by atoms with Crippen molar-refractivity contribution < 1.29 is 9.90 Å². The van der Waals surface area contributed by atoms with Crippen molar-refractivity contribution in [3.05, 3.63) is 76.3 Å². The minimum atomic E-state index is -0.886. The maximum absolute atomic E-state index is 11.2. The van der Waals surface area contributed by atoms with Crippen molar-refractivity contribution in [3.8, 4) is 0 Å². The predicted molar refractivity (Wildman–Crippen MR) is 91.2 cm³/mol. The molecular formula is C19H16ClNO2. The molecule has 4 rings (SSSR count). The molecule has 0 radical (unpaired) electrons. The Morgan fingerprint density at radius 2 is 2.09 bits per heavy atom. The number of benzene rings is 2. The van der Waals surface area contributed by atoms with Gasteiger partial charge in [0.05, 0.1) is 11.6 Å². The molecule has 2 N–H and O–H groups in total. The van der Waals surface area contributed by atoms with Gasteiger partial charge in [0, 0.05) is 16.6 Å². The summed E-state index contributed by atoms with van der Waals surface area (Å²) in [4.78, 5) is 11.2. The largest absolute Gasteiger partial charge is 0.478 e. The first-order chi connectivity index (χ1) is 11.1. The van der Waals surface area contributed by atoms with Gasteiger partial charge in [0.2, 0.25) is 0 Å². The third-order valence-electron chi connectivity index (χ3n) is 4.82. The molecule has 0 saturated heterocycles. The Labute approximate surface area is 139 Å². The van der Waals surface area contributed by atoms with Crippen molar-refractivity contribution in [3.63, 3.8) is 0 Å². The van der Waals surface area contributed by atoms with E-state index in [1.807, 2.05) is 24.3 Å². The van der Waals surface area contributed by atoms with Crippen molar-refractivity contribution >= 4 is 23.3 Å². The van der Waals surface area contributed by atoms with Crippen LogP contribution in [0.2, 0.25) is 5.02 Å². The van der Waals surface area contributed by atoms with E-state index in [1.54, 1.807) is 12.1 Å². The molecule has 1 aliphatic carbocycles. The highest BCUT2D eigenvalue weighted by Gasteiger charge is 2.38. The van der Waals surface area contributed by atoms with E-state index in [4.69, 9.17) is 11.6 Å². The standard InChI is InChI=1S/C19H16ClNO2/c20-13-4-1-3-11(9-13)18-15-6-2-5-14(15)16-10-12(19(22)23)7-8-17(16)21-18/h1-5,7-10,14-15,18,21H,6H2,(H,22,23)/t14-,15+,18-/m0/s1. The van der Waals surface area contributed by atoms with Gasteiger partial charge in [-0.2, -0.15) is 0 Å². The van der Waals surface area contributed by atoms with Gasteiger partial charge < -0.3 is 10.4 Å². The number of fused-ring (bicyclic) bond motifs is 3. The Morgan fingerprint density at radius 1 is 1.22 bits per heavy atom. The first-order valence-electron chi connectivity index (χ1n) is 7.69. The summed E-state index contributed by atoms with van der Waals surface area (Å²) in [6, 6.07) is 13.5. The number of carboxylic acids is 1. The first-order valence-corrected chi connectivity index (χ1v) is 8.07. The van der Waals surface area contributed by atoms with Crippen LogP contribution in [0.1, 0.15) is 39.9 Å². The van der Waals surface area contributed by atoms with E-state index in [2.05, 4.69) is 23.5 Å². The van der Waals surface area contributed by atoms with Crippen LogP contribution >= 0.6 is 11.6 Å². The van der Waals surface area contributed by atoms with Crippen LogP contribution in [-0.4, -0.2) is 11.1 Å². The molecule has 0 bridgehead atoms. The van der Waals surface area contributed by atoms with Crippen LogP contribution in [0.15, 0.2) is 54.6 Å². The molecule has 2 aromatic carbocycles. The van der Waals surface area contributed by atoms with Gasteiger partial charge in [-0.25, -0.2) is 4.79 Å². The lowest BCUT2D eigenvalue weighted by atomic mass is 9.76. The number of halogens is 1. The number of anilines is 1. The van der Waals surface area contributed by atoms with E-state index in [0.717, 1.165) is 22.7 Å². The molecule has 0 amide bonds. The maximum Gasteiger partial charge on any atom is 0.335 e. The fourth-order valence-electron chi connectivity index (χ4n) is 3.76. The van der Waals surface area contributed by atoms with E-state index in [0.29, 0.717) is 11.5 Å². The fourth-order valence-corrected chi connectivity index (χ4v) is 3.96. The van der Waals surface area contributed by atoms with Crippen molar-refractivity contribution in [2.75, 3.05) is 5.32 Å². The highest BCUT2D eigenvalue weighted by molar-refractivity contribution is 6.30. The molecule has 1 heterocycles. The molecule has 0 fully saturated rings. The van der Waals surface area contributed by atoms with Gasteiger partial charge in [-0.15, -0.1) is 0 Å². The zero-order chi connectivity index (χ0) is 16.0. The first kappa shape index (κ1) is 14.3. The quantitative estimate of drug-likeness (QED) is 0.775. The molecule has 4 heteroatoms. The molecule has 0 aromatic heterocycles. The van der Waals surface area contributed by atoms with E-state index in [9.17, 15) is 9.90 Å². The number of carbonyl (C=O) groups is 1. The van der Waals surface area contributed by atoms with Crippen molar-refractivity contribution in [1.82, 2.24) is 0 Å². The lowest BCUT2D eigenvalue weighted by Gasteiger charge is -2.37. The fraction of sp³-hybridized carbons (Fsp3) is 0.211. The van der Waals surface area contributed by atoms with Crippen LogP contribution in [0.3, 0.4) is 0 Å². The van der Waals surface area contributed by atoms with Crippen molar-refractivity contribution in [2.24, 2.45) is 5.92 Å². The third kappa shape index (κ3) is 2.41. The van der Waals surface area contributed by atoms with Crippen LogP contribution in [0.25, 0.3) is 0 Å². The SMILES string of the molecule is O=C(O)c1ccc2c(c1)[C@H]1C=CC[C@H]1[C@H](c1cccc(Cl)c1)N2. The highest BCUT2D eigenvalue weighted by Crippen LogP contribution is 2.50. The Bertz CT molecular complexity index is 815. The zero-order valence-electron chi connectivity index (χ0n) is 12.4. The predicted octanol–water partition coefficient (Wildman–Crippen LogP) is 4.86. The number of hydrogen-bond donors (Lipinski definition) is 2. The summed E-state index contributed by atoms with van der Waals surface area (Å²) >= 11 is 6.15. The maximum atomic E-state index is 11.2. The lowest BCUT2D eigenvalue weighted by molar-refractivity contribution is 0.0696. The lowest BCUT2D eigenvalue weighted by Crippen LogP contribution is -2.29. The van der Waals surface area contributed by atoms with Crippen LogP contribution in [-0.2, 0) is 0 Å².